The molecule has 0 radical (unpaired) electrons. The molecule has 0 aromatic heterocycles. The highest BCUT2D eigenvalue weighted by atomic mass is 19.1. The lowest BCUT2D eigenvalue weighted by Crippen LogP contribution is -2.36. The van der Waals surface area contributed by atoms with Gasteiger partial charge in [0.15, 0.2) is 0 Å². The molecule has 0 unspecified atom stereocenters. The fraction of sp³-hybridized carbons (Fsp3) is 0.286. The average molecular weight is 280 g/mol. The second kappa shape index (κ2) is 6.70. The number of carbonyl (C=O) groups excluding carboxylic acids is 1. The third kappa shape index (κ3) is 3.81. The lowest BCUT2D eigenvalue weighted by Gasteiger charge is -2.22. The van der Waals surface area contributed by atoms with Crippen LogP contribution in [0.1, 0.15) is 24.2 Å². The number of likely N-dealkylation sites (N-methyl/N-ethyl adjacent to an activating group) is 1. The number of halogens is 1. The highest BCUT2D eigenvalue weighted by Crippen LogP contribution is 2.19. The Balaban J connectivity index is 2.98. The number of carbonyl (C=O) groups is 2. The molecular weight excluding hydrogens is 263 g/mol. The number of benzene rings is 1. The van der Waals surface area contributed by atoms with E-state index in [2.05, 4.69) is 11.9 Å². The molecule has 1 rings (SSSR count). The van der Waals surface area contributed by atoms with Gasteiger partial charge >= 0.3 is 12.0 Å². The standard InChI is InChI=1S/C14H17FN2O3/c1-4-17(8-9(2)3)14(20)16-11-7-5-6-10(15)12(11)13(18)19/h5-7H,2,4,8H2,1,3H3,(H,16,20)(H,18,19). The minimum atomic E-state index is -1.43. The second-order valence-corrected chi connectivity index (χ2v) is 4.37. The molecule has 1 aromatic rings. The topological polar surface area (TPSA) is 69.6 Å². The number of hydrogen-bond acceptors (Lipinski definition) is 2. The third-order valence-electron chi connectivity index (χ3n) is 2.60. The van der Waals surface area contributed by atoms with Gasteiger partial charge in [-0.1, -0.05) is 18.2 Å². The number of urea groups is 1. The van der Waals surface area contributed by atoms with Crippen LogP contribution in [0.15, 0.2) is 30.4 Å². The molecule has 0 atom stereocenters. The first-order valence-electron chi connectivity index (χ1n) is 6.09. The minimum absolute atomic E-state index is 0.0670. The number of anilines is 1. The SMILES string of the molecule is C=C(C)CN(CC)C(=O)Nc1cccc(F)c1C(=O)O. The van der Waals surface area contributed by atoms with E-state index in [9.17, 15) is 14.0 Å². The van der Waals surface area contributed by atoms with E-state index in [-0.39, 0.29) is 5.69 Å². The number of rotatable bonds is 5. The van der Waals surface area contributed by atoms with Gasteiger partial charge in [-0.3, -0.25) is 0 Å². The van der Waals surface area contributed by atoms with Gasteiger partial charge in [-0.2, -0.15) is 0 Å². The number of aromatic carboxylic acids is 1. The van der Waals surface area contributed by atoms with Crippen molar-refractivity contribution in [2.24, 2.45) is 0 Å². The van der Waals surface area contributed by atoms with Crippen LogP contribution in [0.5, 0.6) is 0 Å². The second-order valence-electron chi connectivity index (χ2n) is 4.37. The van der Waals surface area contributed by atoms with E-state index in [4.69, 9.17) is 5.11 Å². The summed E-state index contributed by atoms with van der Waals surface area (Å²) in [5, 5.41) is 11.4. The van der Waals surface area contributed by atoms with Crippen LogP contribution in [0.25, 0.3) is 0 Å². The highest BCUT2D eigenvalue weighted by molar-refractivity contribution is 6.00. The summed E-state index contributed by atoms with van der Waals surface area (Å²) in [6.07, 6.45) is 0. The Hall–Kier alpha value is -2.37. The summed E-state index contributed by atoms with van der Waals surface area (Å²) in [6, 6.07) is 3.22. The van der Waals surface area contributed by atoms with Gasteiger partial charge in [0, 0.05) is 13.1 Å². The van der Waals surface area contributed by atoms with Gasteiger partial charge in [0.1, 0.15) is 11.4 Å². The summed E-state index contributed by atoms with van der Waals surface area (Å²) in [7, 11) is 0. The summed E-state index contributed by atoms with van der Waals surface area (Å²) in [5.74, 6) is -2.32. The molecule has 20 heavy (non-hydrogen) atoms. The predicted octanol–water partition coefficient (Wildman–Crippen LogP) is 2.95. The molecule has 0 aliphatic heterocycles. The predicted molar refractivity (Wildman–Crippen MR) is 74.4 cm³/mol. The fourth-order valence-corrected chi connectivity index (χ4v) is 1.69. The molecule has 0 saturated carbocycles. The number of carboxylic acids is 1. The molecule has 2 N–H and O–H groups in total. The zero-order chi connectivity index (χ0) is 15.3. The molecule has 0 heterocycles. The highest BCUT2D eigenvalue weighted by Gasteiger charge is 2.19. The minimum Gasteiger partial charge on any atom is -0.478 e. The zero-order valence-corrected chi connectivity index (χ0v) is 11.4. The smallest absolute Gasteiger partial charge is 0.340 e. The van der Waals surface area contributed by atoms with E-state index in [0.717, 1.165) is 11.6 Å². The van der Waals surface area contributed by atoms with E-state index < -0.39 is 23.4 Å². The van der Waals surface area contributed by atoms with Gasteiger partial charge < -0.3 is 15.3 Å². The first kappa shape index (κ1) is 15.7. The van der Waals surface area contributed by atoms with E-state index in [0.29, 0.717) is 13.1 Å². The molecule has 6 heteroatoms. The number of hydrogen-bond donors (Lipinski definition) is 2. The van der Waals surface area contributed by atoms with Crippen LogP contribution in [0.2, 0.25) is 0 Å². The van der Waals surface area contributed by atoms with Gasteiger partial charge in [-0.05, 0) is 26.0 Å². The number of nitrogens with zero attached hydrogens (tertiary/aromatic N) is 1. The number of nitrogens with one attached hydrogen (secondary N) is 1. The Kier molecular flexibility index (Phi) is 5.25. The summed E-state index contributed by atoms with van der Waals surface area (Å²) >= 11 is 0. The van der Waals surface area contributed by atoms with Crippen molar-refractivity contribution in [1.82, 2.24) is 4.90 Å². The molecular formula is C14H17FN2O3. The fourth-order valence-electron chi connectivity index (χ4n) is 1.69. The van der Waals surface area contributed by atoms with Crippen LogP contribution < -0.4 is 5.32 Å². The molecule has 0 aliphatic rings. The Morgan fingerprint density at radius 3 is 2.60 bits per heavy atom. The largest absolute Gasteiger partial charge is 0.478 e. The van der Waals surface area contributed by atoms with E-state index >= 15 is 0 Å². The summed E-state index contributed by atoms with van der Waals surface area (Å²) in [5.41, 5.74) is 0.176. The van der Waals surface area contributed by atoms with Crippen LogP contribution in [0.4, 0.5) is 14.9 Å². The maximum atomic E-state index is 13.5. The lowest BCUT2D eigenvalue weighted by atomic mass is 10.1. The lowest BCUT2D eigenvalue weighted by molar-refractivity contribution is 0.0693. The average Bonchev–Trinajstić information content (AvgIpc) is 2.35. The molecule has 2 amide bonds. The van der Waals surface area contributed by atoms with Crippen molar-refractivity contribution in [3.8, 4) is 0 Å². The summed E-state index contributed by atoms with van der Waals surface area (Å²) < 4.78 is 13.5. The molecule has 108 valence electrons. The quantitative estimate of drug-likeness (QED) is 0.815. The van der Waals surface area contributed by atoms with E-state index in [1.165, 1.54) is 17.0 Å². The van der Waals surface area contributed by atoms with Crippen LogP contribution in [-0.4, -0.2) is 35.1 Å². The summed E-state index contributed by atoms with van der Waals surface area (Å²) in [6.45, 7) is 8.05. The molecule has 0 saturated heterocycles. The Morgan fingerprint density at radius 1 is 1.45 bits per heavy atom. The molecule has 0 fully saturated rings. The third-order valence-corrected chi connectivity index (χ3v) is 2.60. The molecule has 0 spiro atoms. The zero-order valence-electron chi connectivity index (χ0n) is 11.4. The van der Waals surface area contributed by atoms with Crippen LogP contribution in [-0.2, 0) is 0 Å². The Bertz CT molecular complexity index is 543. The first-order valence-corrected chi connectivity index (χ1v) is 6.09. The van der Waals surface area contributed by atoms with E-state index in [1.54, 1.807) is 13.8 Å². The van der Waals surface area contributed by atoms with Gasteiger partial charge in [0.25, 0.3) is 0 Å². The maximum absolute atomic E-state index is 13.5. The number of amides is 2. The molecule has 0 aliphatic carbocycles. The van der Waals surface area contributed by atoms with Gasteiger partial charge in [-0.15, -0.1) is 0 Å². The van der Waals surface area contributed by atoms with Crippen molar-refractivity contribution in [1.29, 1.82) is 0 Å². The van der Waals surface area contributed by atoms with Crippen LogP contribution in [0.3, 0.4) is 0 Å². The Labute approximate surface area is 116 Å². The normalized spacial score (nSPS) is 9.95. The van der Waals surface area contributed by atoms with Crippen molar-refractivity contribution in [3.05, 3.63) is 41.7 Å². The monoisotopic (exact) mass is 280 g/mol. The Morgan fingerprint density at radius 2 is 2.10 bits per heavy atom. The van der Waals surface area contributed by atoms with E-state index in [1.807, 2.05) is 0 Å². The van der Waals surface area contributed by atoms with Gasteiger partial charge in [0.2, 0.25) is 0 Å². The van der Waals surface area contributed by atoms with Crippen molar-refractivity contribution in [2.45, 2.75) is 13.8 Å². The first-order chi connectivity index (χ1) is 9.36. The van der Waals surface area contributed by atoms with Crippen LogP contribution >= 0.6 is 0 Å². The van der Waals surface area contributed by atoms with Crippen molar-refractivity contribution < 1.29 is 19.1 Å². The molecule has 5 nitrogen and oxygen atoms in total. The van der Waals surface area contributed by atoms with Crippen molar-refractivity contribution in [2.75, 3.05) is 18.4 Å². The van der Waals surface area contributed by atoms with Gasteiger partial charge in [-0.25, -0.2) is 14.0 Å². The van der Waals surface area contributed by atoms with Gasteiger partial charge in [0.05, 0.1) is 5.69 Å². The maximum Gasteiger partial charge on any atom is 0.340 e. The van der Waals surface area contributed by atoms with Crippen LogP contribution in [0, 0.1) is 5.82 Å². The van der Waals surface area contributed by atoms with Crippen molar-refractivity contribution in [3.63, 3.8) is 0 Å². The van der Waals surface area contributed by atoms with Crippen molar-refractivity contribution >= 4 is 17.7 Å². The summed E-state index contributed by atoms with van der Waals surface area (Å²) in [4.78, 5) is 24.5. The molecule has 0 bridgehead atoms. The molecule has 1 aromatic carbocycles. The number of carboxylic acid groups (broad SMARTS) is 1.